The van der Waals surface area contributed by atoms with Crippen molar-refractivity contribution in [2.75, 3.05) is 37.6 Å². The summed E-state index contributed by atoms with van der Waals surface area (Å²) in [5, 5.41) is 0. The number of benzene rings is 1. The van der Waals surface area contributed by atoms with E-state index >= 15 is 0 Å². The molecule has 7 nitrogen and oxygen atoms in total. The predicted octanol–water partition coefficient (Wildman–Crippen LogP) is 2.33. The van der Waals surface area contributed by atoms with Gasteiger partial charge in [-0.25, -0.2) is 14.4 Å². The maximum absolute atomic E-state index is 14.2. The first-order valence-corrected chi connectivity index (χ1v) is 11.3. The summed E-state index contributed by atoms with van der Waals surface area (Å²) in [5.41, 5.74) is 7.94. The number of likely N-dealkylation sites (tertiary alicyclic amines) is 1. The summed E-state index contributed by atoms with van der Waals surface area (Å²) in [7, 11) is 0. The molecule has 0 radical (unpaired) electrons. The molecule has 0 aliphatic carbocycles. The highest BCUT2D eigenvalue weighted by atomic mass is 19.1. The van der Waals surface area contributed by atoms with E-state index < -0.39 is 5.82 Å². The fraction of sp³-hybridized carbons (Fsp3) is 0.522. The summed E-state index contributed by atoms with van der Waals surface area (Å²) in [6, 6.07) is 8.42. The minimum absolute atomic E-state index is 0.156. The number of halogens is 1. The largest absolute Gasteiger partial charge is 0.341 e. The fourth-order valence-electron chi connectivity index (χ4n) is 5.18. The molecule has 4 heterocycles. The number of nitrogens with zero attached hydrogens (tertiary/aromatic N) is 4. The minimum Gasteiger partial charge on any atom is -0.341 e. The van der Waals surface area contributed by atoms with Crippen LogP contribution in [0.1, 0.15) is 47.7 Å². The molecule has 5 rings (SSSR count). The summed E-state index contributed by atoms with van der Waals surface area (Å²) >= 11 is 0. The smallest absolute Gasteiger partial charge is 0.256 e. The Morgan fingerprint density at radius 1 is 1.10 bits per heavy atom. The average molecular weight is 425 g/mol. The van der Waals surface area contributed by atoms with Crippen LogP contribution in [0.15, 0.2) is 36.5 Å². The molecule has 8 heteroatoms. The van der Waals surface area contributed by atoms with Crippen LogP contribution in [-0.2, 0) is 0 Å². The predicted molar refractivity (Wildman–Crippen MR) is 116 cm³/mol. The molecule has 3 fully saturated rings. The fourth-order valence-corrected chi connectivity index (χ4v) is 5.18. The van der Waals surface area contributed by atoms with E-state index in [1.54, 1.807) is 23.1 Å². The molecular formula is C23H29FN6O. The van der Waals surface area contributed by atoms with E-state index in [4.69, 9.17) is 4.98 Å². The zero-order valence-electron chi connectivity index (χ0n) is 17.6. The highest BCUT2D eigenvalue weighted by Gasteiger charge is 2.39. The van der Waals surface area contributed by atoms with Crippen molar-refractivity contribution < 1.29 is 9.18 Å². The van der Waals surface area contributed by atoms with Crippen LogP contribution in [0, 0.1) is 11.7 Å². The highest BCUT2D eigenvalue weighted by molar-refractivity contribution is 5.94. The van der Waals surface area contributed by atoms with E-state index in [1.807, 2.05) is 12.3 Å². The van der Waals surface area contributed by atoms with E-state index in [-0.39, 0.29) is 29.3 Å². The number of hydrogen-bond donors (Lipinski definition) is 2. The molecule has 2 N–H and O–H groups in total. The van der Waals surface area contributed by atoms with Gasteiger partial charge in [0, 0.05) is 50.9 Å². The molecule has 3 unspecified atom stereocenters. The van der Waals surface area contributed by atoms with E-state index in [9.17, 15) is 9.18 Å². The van der Waals surface area contributed by atoms with Crippen LogP contribution in [-0.4, -0.2) is 59.5 Å². The molecule has 1 amide bonds. The lowest BCUT2D eigenvalue weighted by atomic mass is 9.82. The van der Waals surface area contributed by atoms with Gasteiger partial charge in [0.25, 0.3) is 5.91 Å². The molecule has 1 aromatic heterocycles. The molecule has 2 aromatic rings. The standard InChI is InChI=1S/C23H29FN6O/c24-19-8-2-1-7-17(19)22(31)30-13-5-6-16(15-30)21-18(14-26-28-21)20-9-10-25-23(27-20)29-11-3-4-12-29/h1-2,7-10,16,18,21,26,28H,3-6,11-15H2. The van der Waals surface area contributed by atoms with Crippen LogP contribution in [0.3, 0.4) is 0 Å². The summed E-state index contributed by atoms with van der Waals surface area (Å²) in [6.07, 6.45) is 6.19. The number of carbonyl (C=O) groups excluding carboxylic acids is 1. The quantitative estimate of drug-likeness (QED) is 0.785. The van der Waals surface area contributed by atoms with Gasteiger partial charge in [-0.3, -0.25) is 15.6 Å². The van der Waals surface area contributed by atoms with Gasteiger partial charge in [0.15, 0.2) is 0 Å². The molecule has 1 aromatic carbocycles. The third kappa shape index (κ3) is 4.14. The van der Waals surface area contributed by atoms with Crippen molar-refractivity contribution in [2.24, 2.45) is 5.92 Å². The van der Waals surface area contributed by atoms with Gasteiger partial charge < -0.3 is 9.80 Å². The van der Waals surface area contributed by atoms with Gasteiger partial charge >= 0.3 is 0 Å². The zero-order valence-corrected chi connectivity index (χ0v) is 17.6. The van der Waals surface area contributed by atoms with Crippen molar-refractivity contribution in [3.05, 3.63) is 53.6 Å². The first kappa shape index (κ1) is 20.3. The van der Waals surface area contributed by atoms with Crippen molar-refractivity contribution in [2.45, 2.75) is 37.6 Å². The lowest BCUT2D eigenvalue weighted by molar-refractivity contribution is 0.0639. The molecule has 164 valence electrons. The third-order valence-electron chi connectivity index (χ3n) is 6.81. The number of aromatic nitrogens is 2. The number of nitrogens with one attached hydrogen (secondary N) is 2. The number of anilines is 1. The normalized spacial score (nSPS) is 26.4. The summed E-state index contributed by atoms with van der Waals surface area (Å²) in [6.45, 7) is 4.11. The number of hydrogen-bond acceptors (Lipinski definition) is 6. The molecule has 3 atom stereocenters. The van der Waals surface area contributed by atoms with Gasteiger partial charge in [-0.2, -0.15) is 0 Å². The molecule has 31 heavy (non-hydrogen) atoms. The monoisotopic (exact) mass is 424 g/mol. The topological polar surface area (TPSA) is 73.4 Å². The van der Waals surface area contributed by atoms with Crippen LogP contribution in [0.4, 0.5) is 10.3 Å². The molecule has 3 aliphatic heterocycles. The van der Waals surface area contributed by atoms with Gasteiger partial charge in [-0.05, 0) is 49.8 Å². The minimum atomic E-state index is -0.455. The van der Waals surface area contributed by atoms with Crippen molar-refractivity contribution in [1.29, 1.82) is 0 Å². The highest BCUT2D eigenvalue weighted by Crippen LogP contribution is 2.32. The van der Waals surface area contributed by atoms with Gasteiger partial charge in [0.2, 0.25) is 5.95 Å². The van der Waals surface area contributed by atoms with E-state index in [2.05, 4.69) is 20.7 Å². The van der Waals surface area contributed by atoms with E-state index in [0.29, 0.717) is 13.1 Å². The maximum Gasteiger partial charge on any atom is 0.256 e. The Labute approximate surface area is 182 Å². The summed E-state index contributed by atoms with van der Waals surface area (Å²) in [5.74, 6) is 0.625. The average Bonchev–Trinajstić information content (AvgIpc) is 3.52. The van der Waals surface area contributed by atoms with E-state index in [0.717, 1.165) is 44.1 Å². The number of piperidine rings is 1. The maximum atomic E-state index is 14.2. The molecule has 0 saturated carbocycles. The zero-order chi connectivity index (χ0) is 21.2. The lowest BCUT2D eigenvalue weighted by Crippen LogP contribution is -2.48. The lowest BCUT2D eigenvalue weighted by Gasteiger charge is -2.37. The van der Waals surface area contributed by atoms with Crippen LogP contribution in [0.2, 0.25) is 0 Å². The molecule has 3 saturated heterocycles. The Bertz CT molecular complexity index is 934. The van der Waals surface area contributed by atoms with Gasteiger partial charge in [-0.15, -0.1) is 0 Å². The summed E-state index contributed by atoms with van der Waals surface area (Å²) in [4.78, 5) is 26.4. The Kier molecular flexibility index (Phi) is 5.82. The van der Waals surface area contributed by atoms with Crippen LogP contribution in [0.5, 0.6) is 0 Å². The Morgan fingerprint density at radius 3 is 2.77 bits per heavy atom. The molecular weight excluding hydrogens is 395 g/mol. The number of rotatable bonds is 4. The second-order valence-corrected chi connectivity index (χ2v) is 8.77. The van der Waals surface area contributed by atoms with Crippen molar-refractivity contribution in [1.82, 2.24) is 25.7 Å². The van der Waals surface area contributed by atoms with Crippen LogP contribution >= 0.6 is 0 Å². The van der Waals surface area contributed by atoms with Crippen LogP contribution in [0.25, 0.3) is 0 Å². The Hall–Kier alpha value is -2.58. The molecule has 0 spiro atoms. The third-order valence-corrected chi connectivity index (χ3v) is 6.81. The van der Waals surface area contributed by atoms with Crippen molar-refractivity contribution in [3.8, 4) is 0 Å². The Balaban J connectivity index is 1.32. The van der Waals surface area contributed by atoms with Gasteiger partial charge in [0.05, 0.1) is 11.3 Å². The first-order chi connectivity index (χ1) is 15.2. The Morgan fingerprint density at radius 2 is 1.94 bits per heavy atom. The second kappa shape index (κ2) is 8.88. The van der Waals surface area contributed by atoms with Crippen molar-refractivity contribution in [3.63, 3.8) is 0 Å². The first-order valence-electron chi connectivity index (χ1n) is 11.3. The summed E-state index contributed by atoms with van der Waals surface area (Å²) < 4.78 is 14.2. The van der Waals surface area contributed by atoms with E-state index in [1.165, 1.54) is 18.9 Å². The van der Waals surface area contributed by atoms with Crippen LogP contribution < -0.4 is 15.8 Å². The number of amides is 1. The van der Waals surface area contributed by atoms with Crippen molar-refractivity contribution >= 4 is 11.9 Å². The van der Waals surface area contributed by atoms with Gasteiger partial charge in [-0.1, -0.05) is 12.1 Å². The molecule has 3 aliphatic rings. The number of hydrazine groups is 1. The van der Waals surface area contributed by atoms with Gasteiger partial charge in [0.1, 0.15) is 5.82 Å². The SMILES string of the molecule is O=C(c1ccccc1F)N1CCCC(C2NNCC2c2ccnc(N3CCCC3)n2)C1. The second-order valence-electron chi connectivity index (χ2n) is 8.77. The number of carbonyl (C=O) groups is 1. The molecule has 0 bridgehead atoms.